The van der Waals surface area contributed by atoms with E-state index in [1.807, 2.05) is 68.4 Å². The van der Waals surface area contributed by atoms with Gasteiger partial charge in [-0.3, -0.25) is 4.79 Å². The molecule has 4 aromatic rings. The molecule has 0 aliphatic rings. The van der Waals surface area contributed by atoms with Crippen molar-refractivity contribution in [2.24, 2.45) is 0 Å². The molecule has 1 N–H and O–H groups in total. The third-order valence-electron chi connectivity index (χ3n) is 6.46. The highest BCUT2D eigenvalue weighted by Gasteiger charge is 2.11. The van der Waals surface area contributed by atoms with Gasteiger partial charge < -0.3 is 14.6 Å². The summed E-state index contributed by atoms with van der Waals surface area (Å²) in [4.78, 5) is 17.1. The molecular formula is C30H34ClN3O2. The number of unbranched alkanes of at least 4 members (excludes halogenated alkanes) is 2. The summed E-state index contributed by atoms with van der Waals surface area (Å²) < 4.78 is 8.27. The number of hydrogen-bond acceptors (Lipinski definition) is 3. The molecule has 0 atom stereocenters. The first-order chi connectivity index (χ1) is 17.5. The highest BCUT2D eigenvalue weighted by molar-refractivity contribution is 6.31. The second-order valence-electron chi connectivity index (χ2n) is 9.19. The molecule has 0 saturated heterocycles. The Morgan fingerprint density at radius 2 is 1.78 bits per heavy atom. The molecule has 1 aromatic heterocycles. The summed E-state index contributed by atoms with van der Waals surface area (Å²) >= 11 is 6.13. The lowest BCUT2D eigenvalue weighted by Crippen LogP contribution is -2.26. The van der Waals surface area contributed by atoms with Gasteiger partial charge >= 0.3 is 0 Å². The molecule has 0 aliphatic carbocycles. The summed E-state index contributed by atoms with van der Waals surface area (Å²) in [5.74, 6) is 1.99. The lowest BCUT2D eigenvalue weighted by Gasteiger charge is -2.12. The highest BCUT2D eigenvalue weighted by Crippen LogP contribution is 2.22. The van der Waals surface area contributed by atoms with E-state index in [9.17, 15) is 4.79 Å². The van der Waals surface area contributed by atoms with Crippen LogP contribution in [-0.4, -0.2) is 28.6 Å². The molecule has 188 valence electrons. The van der Waals surface area contributed by atoms with Crippen molar-refractivity contribution in [3.8, 4) is 5.75 Å². The van der Waals surface area contributed by atoms with Gasteiger partial charge in [-0.25, -0.2) is 4.98 Å². The maximum Gasteiger partial charge on any atom is 0.224 e. The van der Waals surface area contributed by atoms with Gasteiger partial charge in [-0.2, -0.15) is 0 Å². The second kappa shape index (κ2) is 12.6. The van der Waals surface area contributed by atoms with E-state index in [4.69, 9.17) is 21.3 Å². The maximum absolute atomic E-state index is 12.3. The van der Waals surface area contributed by atoms with Gasteiger partial charge in [-0.1, -0.05) is 54.4 Å². The first kappa shape index (κ1) is 25.8. The number of rotatable bonds is 12. The Hall–Kier alpha value is -3.31. The second-order valence-corrected chi connectivity index (χ2v) is 9.60. The molecule has 5 nitrogen and oxygen atoms in total. The number of nitrogens with zero attached hydrogens (tertiary/aromatic N) is 2. The number of ether oxygens (including phenoxy) is 1. The average molecular weight is 504 g/mol. The molecule has 0 fully saturated rings. The van der Waals surface area contributed by atoms with Crippen LogP contribution in [0.4, 0.5) is 0 Å². The van der Waals surface area contributed by atoms with E-state index in [1.165, 1.54) is 0 Å². The predicted molar refractivity (Wildman–Crippen MR) is 147 cm³/mol. The Morgan fingerprint density at radius 3 is 2.61 bits per heavy atom. The van der Waals surface area contributed by atoms with Crippen LogP contribution in [0.3, 0.4) is 0 Å². The van der Waals surface area contributed by atoms with Crippen LogP contribution in [0.25, 0.3) is 11.0 Å². The molecule has 0 aliphatic heterocycles. The smallest absolute Gasteiger partial charge is 0.224 e. The average Bonchev–Trinajstić information content (AvgIpc) is 3.22. The van der Waals surface area contributed by atoms with Crippen molar-refractivity contribution < 1.29 is 9.53 Å². The Labute approximate surface area is 218 Å². The summed E-state index contributed by atoms with van der Waals surface area (Å²) in [6, 6.07) is 22.0. The minimum Gasteiger partial charge on any atom is -0.492 e. The fourth-order valence-electron chi connectivity index (χ4n) is 4.38. The topological polar surface area (TPSA) is 56.1 Å². The van der Waals surface area contributed by atoms with Crippen LogP contribution >= 0.6 is 11.6 Å². The van der Waals surface area contributed by atoms with Crippen LogP contribution in [0.5, 0.6) is 5.75 Å². The van der Waals surface area contributed by atoms with Gasteiger partial charge in [0.05, 0.1) is 24.0 Å². The number of para-hydroxylation sites is 2. The zero-order valence-electron chi connectivity index (χ0n) is 21.1. The first-order valence-electron chi connectivity index (χ1n) is 12.7. The molecule has 1 amide bonds. The normalized spacial score (nSPS) is 11.1. The van der Waals surface area contributed by atoms with Crippen molar-refractivity contribution in [2.75, 3.05) is 13.2 Å². The van der Waals surface area contributed by atoms with E-state index in [-0.39, 0.29) is 5.91 Å². The summed E-state index contributed by atoms with van der Waals surface area (Å²) in [7, 11) is 0. The number of hydrogen-bond donors (Lipinski definition) is 1. The Kier molecular flexibility index (Phi) is 9.01. The third kappa shape index (κ3) is 6.88. The number of aryl methyl sites for hydroxylation is 3. The van der Waals surface area contributed by atoms with Crippen molar-refractivity contribution in [2.45, 2.75) is 52.5 Å². The summed E-state index contributed by atoms with van der Waals surface area (Å²) in [6.45, 7) is 6.01. The molecule has 36 heavy (non-hydrogen) atoms. The number of halogens is 1. The molecule has 4 rings (SSSR count). The van der Waals surface area contributed by atoms with Gasteiger partial charge in [-0.15, -0.1) is 0 Å². The van der Waals surface area contributed by atoms with E-state index in [0.29, 0.717) is 19.6 Å². The molecule has 3 aromatic carbocycles. The predicted octanol–water partition coefficient (Wildman–Crippen LogP) is 6.46. The zero-order chi connectivity index (χ0) is 25.3. The monoisotopic (exact) mass is 503 g/mol. The number of nitrogens with one attached hydrogen (secondary N) is 1. The molecule has 0 radical (unpaired) electrons. The van der Waals surface area contributed by atoms with Gasteiger partial charge in [0, 0.05) is 18.0 Å². The van der Waals surface area contributed by atoms with Gasteiger partial charge in [-0.05, 0) is 73.7 Å². The van der Waals surface area contributed by atoms with Crippen molar-refractivity contribution in [1.82, 2.24) is 14.9 Å². The van der Waals surface area contributed by atoms with Crippen LogP contribution in [0.1, 0.15) is 41.8 Å². The number of imidazole rings is 1. The molecule has 0 saturated carbocycles. The van der Waals surface area contributed by atoms with Crippen molar-refractivity contribution in [1.29, 1.82) is 0 Å². The van der Waals surface area contributed by atoms with Gasteiger partial charge in [0.25, 0.3) is 0 Å². The SMILES string of the molecule is Cc1cc(OCCn2c(CCCCCNC(=O)Cc3ccccc3C)nc3ccccc32)ccc1Cl. The molecule has 1 heterocycles. The van der Waals surface area contributed by atoms with Crippen molar-refractivity contribution in [3.63, 3.8) is 0 Å². The molecule has 0 spiro atoms. The van der Waals surface area contributed by atoms with Crippen LogP contribution in [-0.2, 0) is 24.2 Å². The third-order valence-corrected chi connectivity index (χ3v) is 6.88. The van der Waals surface area contributed by atoms with E-state index < -0.39 is 0 Å². The number of carbonyl (C=O) groups excluding carboxylic acids is 1. The van der Waals surface area contributed by atoms with E-state index >= 15 is 0 Å². The number of benzene rings is 3. The molecule has 0 bridgehead atoms. The number of amides is 1. The van der Waals surface area contributed by atoms with Crippen molar-refractivity contribution >= 4 is 28.5 Å². The lowest BCUT2D eigenvalue weighted by molar-refractivity contribution is -0.120. The van der Waals surface area contributed by atoms with E-state index in [2.05, 4.69) is 22.0 Å². The van der Waals surface area contributed by atoms with Crippen LogP contribution < -0.4 is 10.1 Å². The fraction of sp³-hybridized carbons (Fsp3) is 0.333. The fourth-order valence-corrected chi connectivity index (χ4v) is 4.50. The highest BCUT2D eigenvalue weighted by atomic mass is 35.5. The number of fused-ring (bicyclic) bond motifs is 1. The van der Waals surface area contributed by atoms with Gasteiger partial charge in [0.2, 0.25) is 5.91 Å². The summed E-state index contributed by atoms with van der Waals surface area (Å²) in [6.07, 6.45) is 4.35. The van der Waals surface area contributed by atoms with Crippen LogP contribution in [0, 0.1) is 13.8 Å². The summed E-state index contributed by atoms with van der Waals surface area (Å²) in [5, 5.41) is 3.80. The number of carbonyl (C=O) groups is 1. The molecular weight excluding hydrogens is 470 g/mol. The van der Waals surface area contributed by atoms with Gasteiger partial charge in [0.1, 0.15) is 18.2 Å². The Morgan fingerprint density at radius 1 is 0.972 bits per heavy atom. The standard InChI is InChI=1S/C30H34ClN3O2/c1-22-10-5-6-11-24(22)21-30(35)32-17-9-3-4-14-29-33-27-12-7-8-13-28(27)34(29)18-19-36-25-15-16-26(31)23(2)20-25/h5-8,10-13,15-16,20H,3-4,9,14,17-19,21H2,1-2H3,(H,32,35). The quantitative estimate of drug-likeness (QED) is 0.226. The van der Waals surface area contributed by atoms with Crippen LogP contribution in [0.15, 0.2) is 66.7 Å². The first-order valence-corrected chi connectivity index (χ1v) is 13.0. The Balaban J connectivity index is 1.25. The molecule has 6 heteroatoms. The van der Waals surface area contributed by atoms with E-state index in [1.54, 1.807) is 0 Å². The minimum atomic E-state index is 0.0852. The maximum atomic E-state index is 12.3. The van der Waals surface area contributed by atoms with Gasteiger partial charge in [0.15, 0.2) is 0 Å². The lowest BCUT2D eigenvalue weighted by atomic mass is 10.1. The largest absolute Gasteiger partial charge is 0.492 e. The minimum absolute atomic E-state index is 0.0852. The Bertz CT molecular complexity index is 1310. The zero-order valence-corrected chi connectivity index (χ0v) is 21.9. The van der Waals surface area contributed by atoms with E-state index in [0.717, 1.165) is 76.5 Å². The number of aromatic nitrogens is 2. The van der Waals surface area contributed by atoms with Crippen molar-refractivity contribution in [3.05, 3.63) is 94.3 Å². The van der Waals surface area contributed by atoms with Crippen LogP contribution in [0.2, 0.25) is 5.02 Å². The molecule has 0 unspecified atom stereocenters. The summed E-state index contributed by atoms with van der Waals surface area (Å²) in [5.41, 5.74) is 5.40.